The summed E-state index contributed by atoms with van der Waals surface area (Å²) in [5, 5.41) is 14.7. The topological polar surface area (TPSA) is 78.4 Å². The van der Waals surface area contributed by atoms with Crippen LogP contribution in [0.1, 0.15) is 39.3 Å². The van der Waals surface area contributed by atoms with Crippen molar-refractivity contribution in [3.8, 4) is 0 Å². The Labute approximate surface area is 124 Å². The molecule has 0 aliphatic heterocycles. The molecule has 1 atom stereocenters. The highest BCUT2D eigenvalue weighted by atomic mass is 16.4. The number of benzene rings is 1. The molecule has 0 aromatic heterocycles. The monoisotopic (exact) mass is 290 g/mol. The Bertz CT molecular complexity index is 538. The van der Waals surface area contributed by atoms with E-state index in [4.69, 9.17) is 0 Å². The van der Waals surface area contributed by atoms with Crippen LogP contribution in [0, 0.1) is 10.8 Å². The van der Waals surface area contributed by atoms with Crippen LogP contribution in [0.3, 0.4) is 0 Å². The fourth-order valence-electron chi connectivity index (χ4n) is 2.79. The number of hydrogen-bond acceptors (Lipinski definition) is 2. The first-order valence-electron chi connectivity index (χ1n) is 7.02. The van der Waals surface area contributed by atoms with Gasteiger partial charge in [-0.25, -0.2) is 9.59 Å². The van der Waals surface area contributed by atoms with Gasteiger partial charge in [-0.05, 0) is 16.4 Å². The summed E-state index contributed by atoms with van der Waals surface area (Å²) in [6.45, 7) is 8.35. The highest BCUT2D eigenvalue weighted by molar-refractivity contribution is 5.84. The maximum absolute atomic E-state index is 12.1. The standard InChI is InChI=1S/C16H22N2O3/c1-15(2)13(16(15,3)4)18-14(21)17-11(12(19)20)10-8-6-5-7-9-10/h5-9,11,13H,1-4H3,(H,19,20)(H2,17,18,21)/t11-/m1/s1. The van der Waals surface area contributed by atoms with Crippen LogP contribution >= 0.6 is 0 Å². The molecular weight excluding hydrogens is 268 g/mol. The van der Waals surface area contributed by atoms with E-state index in [1.54, 1.807) is 30.3 Å². The molecule has 1 fully saturated rings. The van der Waals surface area contributed by atoms with Gasteiger partial charge in [0, 0.05) is 6.04 Å². The lowest BCUT2D eigenvalue weighted by molar-refractivity contribution is -0.139. The van der Waals surface area contributed by atoms with Gasteiger partial charge in [-0.3, -0.25) is 0 Å². The minimum atomic E-state index is -1.08. The van der Waals surface area contributed by atoms with Gasteiger partial charge in [0.05, 0.1) is 0 Å². The second kappa shape index (κ2) is 5.06. The van der Waals surface area contributed by atoms with Gasteiger partial charge in [-0.15, -0.1) is 0 Å². The van der Waals surface area contributed by atoms with Crippen molar-refractivity contribution >= 4 is 12.0 Å². The number of carboxylic acids is 1. The molecule has 114 valence electrons. The summed E-state index contributed by atoms with van der Waals surface area (Å²) >= 11 is 0. The van der Waals surface area contributed by atoms with Gasteiger partial charge in [0.2, 0.25) is 0 Å². The second-order valence-electron chi connectivity index (χ2n) is 6.68. The zero-order valence-electron chi connectivity index (χ0n) is 12.8. The Morgan fingerprint density at radius 1 is 1.10 bits per heavy atom. The summed E-state index contributed by atoms with van der Waals surface area (Å²) in [7, 11) is 0. The van der Waals surface area contributed by atoms with Crippen molar-refractivity contribution in [3.05, 3.63) is 35.9 Å². The fraction of sp³-hybridized carbons (Fsp3) is 0.500. The summed E-state index contributed by atoms with van der Waals surface area (Å²) in [4.78, 5) is 23.4. The van der Waals surface area contributed by atoms with E-state index in [2.05, 4.69) is 38.3 Å². The van der Waals surface area contributed by atoms with Crippen LogP contribution in [0.4, 0.5) is 4.79 Å². The van der Waals surface area contributed by atoms with Crippen LogP contribution in [0.15, 0.2) is 30.3 Å². The van der Waals surface area contributed by atoms with Crippen LogP contribution in [0.5, 0.6) is 0 Å². The predicted octanol–water partition coefficient (Wildman–Crippen LogP) is 2.55. The van der Waals surface area contributed by atoms with Crippen molar-refractivity contribution in [2.75, 3.05) is 0 Å². The lowest BCUT2D eigenvalue weighted by atomic mass is 10.0. The van der Waals surface area contributed by atoms with E-state index in [1.165, 1.54) is 0 Å². The van der Waals surface area contributed by atoms with E-state index in [0.717, 1.165) is 0 Å². The second-order valence-corrected chi connectivity index (χ2v) is 6.68. The summed E-state index contributed by atoms with van der Waals surface area (Å²) in [5.41, 5.74) is 0.570. The van der Waals surface area contributed by atoms with Crippen LogP contribution in [-0.4, -0.2) is 23.1 Å². The lowest BCUT2D eigenvalue weighted by Crippen LogP contribution is -2.43. The molecule has 1 aliphatic carbocycles. The Balaban J connectivity index is 2.03. The first-order chi connectivity index (χ1) is 9.68. The number of aliphatic carboxylic acids is 1. The van der Waals surface area contributed by atoms with E-state index in [1.807, 2.05) is 0 Å². The van der Waals surface area contributed by atoms with Crippen molar-refractivity contribution < 1.29 is 14.7 Å². The van der Waals surface area contributed by atoms with Crippen LogP contribution in [-0.2, 0) is 4.79 Å². The van der Waals surface area contributed by atoms with Crippen molar-refractivity contribution in [3.63, 3.8) is 0 Å². The molecule has 2 amide bonds. The maximum Gasteiger partial charge on any atom is 0.330 e. The Kier molecular flexibility index (Phi) is 3.70. The largest absolute Gasteiger partial charge is 0.479 e. The number of carboxylic acid groups (broad SMARTS) is 1. The summed E-state index contributed by atoms with van der Waals surface area (Å²) in [6.07, 6.45) is 0. The number of urea groups is 1. The molecule has 5 nitrogen and oxygen atoms in total. The third-order valence-electron chi connectivity index (χ3n) is 4.95. The van der Waals surface area contributed by atoms with Gasteiger partial charge in [0.1, 0.15) is 0 Å². The Morgan fingerprint density at radius 2 is 1.62 bits per heavy atom. The van der Waals surface area contributed by atoms with Gasteiger partial charge < -0.3 is 15.7 Å². The van der Waals surface area contributed by atoms with Crippen molar-refractivity contribution in [2.24, 2.45) is 10.8 Å². The normalized spacial score (nSPS) is 20.4. The van der Waals surface area contributed by atoms with Gasteiger partial charge in [-0.2, -0.15) is 0 Å². The third-order valence-corrected chi connectivity index (χ3v) is 4.95. The summed E-state index contributed by atoms with van der Waals surface area (Å²) in [6, 6.07) is 7.21. The van der Waals surface area contributed by atoms with Gasteiger partial charge in [0.25, 0.3) is 0 Å². The molecule has 1 aliphatic rings. The van der Waals surface area contributed by atoms with Crippen LogP contribution < -0.4 is 10.6 Å². The molecule has 5 heteroatoms. The predicted molar refractivity (Wildman–Crippen MR) is 79.8 cm³/mol. The van der Waals surface area contributed by atoms with E-state index in [0.29, 0.717) is 5.56 Å². The zero-order chi connectivity index (χ0) is 15.8. The maximum atomic E-state index is 12.1. The van der Waals surface area contributed by atoms with Gasteiger partial charge in [0.15, 0.2) is 6.04 Å². The molecule has 0 saturated heterocycles. The third kappa shape index (κ3) is 2.73. The van der Waals surface area contributed by atoms with Gasteiger partial charge in [-0.1, -0.05) is 58.0 Å². The zero-order valence-corrected chi connectivity index (χ0v) is 12.8. The molecule has 1 saturated carbocycles. The van der Waals surface area contributed by atoms with E-state index >= 15 is 0 Å². The van der Waals surface area contributed by atoms with E-state index < -0.39 is 18.0 Å². The number of nitrogens with one attached hydrogen (secondary N) is 2. The van der Waals surface area contributed by atoms with Crippen molar-refractivity contribution in [1.82, 2.24) is 10.6 Å². The van der Waals surface area contributed by atoms with E-state index in [-0.39, 0.29) is 16.9 Å². The number of rotatable bonds is 4. The SMILES string of the molecule is CC1(C)C(NC(=O)N[C@@H](C(=O)O)c2ccccc2)C1(C)C. The molecule has 0 spiro atoms. The highest BCUT2D eigenvalue weighted by Gasteiger charge is 2.65. The van der Waals surface area contributed by atoms with Crippen molar-refractivity contribution in [2.45, 2.75) is 39.8 Å². The Hall–Kier alpha value is -2.04. The number of carbonyl (C=O) groups excluding carboxylic acids is 1. The molecule has 0 heterocycles. The molecular formula is C16H22N2O3. The molecule has 0 radical (unpaired) electrons. The molecule has 3 N–H and O–H groups in total. The molecule has 1 aromatic carbocycles. The lowest BCUT2D eigenvalue weighted by Gasteiger charge is -2.16. The molecule has 2 rings (SSSR count). The quantitative estimate of drug-likeness (QED) is 0.797. The summed E-state index contributed by atoms with van der Waals surface area (Å²) < 4.78 is 0. The minimum absolute atomic E-state index is 0.00973. The van der Waals surface area contributed by atoms with Crippen molar-refractivity contribution in [1.29, 1.82) is 0 Å². The molecule has 1 aromatic rings. The first kappa shape index (κ1) is 15.4. The summed E-state index contributed by atoms with van der Waals surface area (Å²) in [5.74, 6) is -1.08. The number of amides is 2. The molecule has 0 bridgehead atoms. The fourth-order valence-corrected chi connectivity index (χ4v) is 2.79. The molecule has 0 unspecified atom stereocenters. The molecule has 21 heavy (non-hydrogen) atoms. The van der Waals surface area contributed by atoms with Crippen LogP contribution in [0.2, 0.25) is 0 Å². The van der Waals surface area contributed by atoms with Gasteiger partial charge >= 0.3 is 12.0 Å². The highest BCUT2D eigenvalue weighted by Crippen LogP contribution is 2.62. The smallest absolute Gasteiger partial charge is 0.330 e. The van der Waals surface area contributed by atoms with Crippen LogP contribution in [0.25, 0.3) is 0 Å². The van der Waals surface area contributed by atoms with E-state index in [9.17, 15) is 14.7 Å². The average molecular weight is 290 g/mol. The average Bonchev–Trinajstić information content (AvgIpc) is 2.79. The number of carbonyl (C=O) groups is 2. The number of hydrogen-bond donors (Lipinski definition) is 3. The Morgan fingerprint density at radius 3 is 2.05 bits per heavy atom. The minimum Gasteiger partial charge on any atom is -0.479 e. The first-order valence-corrected chi connectivity index (χ1v) is 7.02.